The third-order valence-electron chi connectivity index (χ3n) is 4.17. The standard InChI is InChI=1S/C21H24F3NO3/c1-15(11-16-5-3-7-18(12-16)21(22,23)24)20(26)25-14-17-6-4-8-19(13-17)28-10-9-27-2/h3-8,12-13,15H,9-11,14H2,1-2H3,(H,25,26). The second-order valence-corrected chi connectivity index (χ2v) is 6.51. The maximum absolute atomic E-state index is 12.8. The van der Waals surface area contributed by atoms with Crippen molar-refractivity contribution in [2.24, 2.45) is 5.92 Å². The molecule has 152 valence electrons. The molecule has 1 amide bonds. The maximum Gasteiger partial charge on any atom is 0.416 e. The topological polar surface area (TPSA) is 47.6 Å². The van der Waals surface area contributed by atoms with E-state index in [1.807, 2.05) is 24.3 Å². The zero-order valence-electron chi connectivity index (χ0n) is 15.9. The number of alkyl halides is 3. The molecule has 0 saturated carbocycles. The van der Waals surface area contributed by atoms with E-state index in [1.54, 1.807) is 20.1 Å². The van der Waals surface area contributed by atoms with Crippen molar-refractivity contribution in [1.29, 1.82) is 0 Å². The van der Waals surface area contributed by atoms with E-state index in [0.29, 0.717) is 31.1 Å². The lowest BCUT2D eigenvalue weighted by molar-refractivity contribution is -0.137. The molecule has 0 aliphatic rings. The monoisotopic (exact) mass is 395 g/mol. The van der Waals surface area contributed by atoms with Crippen LogP contribution in [0.4, 0.5) is 13.2 Å². The van der Waals surface area contributed by atoms with Crippen molar-refractivity contribution in [2.75, 3.05) is 20.3 Å². The summed E-state index contributed by atoms with van der Waals surface area (Å²) in [5, 5.41) is 2.82. The molecular formula is C21H24F3NO3. The lowest BCUT2D eigenvalue weighted by Crippen LogP contribution is -2.29. The van der Waals surface area contributed by atoms with Crippen LogP contribution in [0.2, 0.25) is 0 Å². The van der Waals surface area contributed by atoms with Crippen molar-refractivity contribution in [3.63, 3.8) is 0 Å². The van der Waals surface area contributed by atoms with Crippen molar-refractivity contribution in [3.05, 3.63) is 65.2 Å². The molecular weight excluding hydrogens is 371 g/mol. The Kier molecular flexibility index (Phi) is 7.87. The number of halogens is 3. The highest BCUT2D eigenvalue weighted by Crippen LogP contribution is 2.30. The minimum atomic E-state index is -4.39. The molecule has 7 heteroatoms. The van der Waals surface area contributed by atoms with Gasteiger partial charge in [0.15, 0.2) is 0 Å². The second-order valence-electron chi connectivity index (χ2n) is 6.51. The first kappa shape index (κ1) is 21.8. The quantitative estimate of drug-likeness (QED) is 0.647. The minimum Gasteiger partial charge on any atom is -0.491 e. The Labute approximate surface area is 162 Å². The molecule has 0 fully saturated rings. The molecule has 0 aliphatic heterocycles. The average molecular weight is 395 g/mol. The summed E-state index contributed by atoms with van der Waals surface area (Å²) in [7, 11) is 1.59. The van der Waals surface area contributed by atoms with Crippen LogP contribution >= 0.6 is 0 Å². The number of nitrogens with one attached hydrogen (secondary N) is 1. The molecule has 4 nitrogen and oxygen atoms in total. The lowest BCUT2D eigenvalue weighted by Gasteiger charge is -2.14. The molecule has 1 N–H and O–H groups in total. The van der Waals surface area contributed by atoms with Gasteiger partial charge in [-0.25, -0.2) is 0 Å². The van der Waals surface area contributed by atoms with Crippen molar-refractivity contribution in [2.45, 2.75) is 26.1 Å². The SMILES string of the molecule is COCCOc1cccc(CNC(=O)C(C)Cc2cccc(C(F)(F)F)c2)c1. The van der Waals surface area contributed by atoms with Gasteiger partial charge < -0.3 is 14.8 Å². The zero-order chi connectivity index (χ0) is 20.6. The Bertz CT molecular complexity index is 777. The molecule has 2 rings (SSSR count). The van der Waals surface area contributed by atoms with Crippen LogP contribution < -0.4 is 10.1 Å². The molecule has 0 heterocycles. The third-order valence-corrected chi connectivity index (χ3v) is 4.17. The molecule has 1 unspecified atom stereocenters. The second kappa shape index (κ2) is 10.1. The molecule has 0 aliphatic carbocycles. The number of ether oxygens (including phenoxy) is 2. The Morgan fingerprint density at radius 3 is 2.50 bits per heavy atom. The summed E-state index contributed by atoms with van der Waals surface area (Å²) in [5.41, 5.74) is 0.642. The number of carbonyl (C=O) groups is 1. The molecule has 0 aromatic heterocycles. The number of amides is 1. The summed E-state index contributed by atoms with van der Waals surface area (Å²) in [5.74, 6) is 0.00792. The van der Waals surface area contributed by atoms with Gasteiger partial charge in [0.2, 0.25) is 5.91 Å². The predicted octanol–water partition coefficient (Wildman–Crippen LogP) is 4.23. The summed E-state index contributed by atoms with van der Waals surface area (Å²) < 4.78 is 48.9. The fourth-order valence-electron chi connectivity index (χ4n) is 2.67. The smallest absolute Gasteiger partial charge is 0.416 e. The van der Waals surface area contributed by atoms with E-state index in [9.17, 15) is 18.0 Å². The van der Waals surface area contributed by atoms with Crippen molar-refractivity contribution < 1.29 is 27.4 Å². The van der Waals surface area contributed by atoms with Crippen molar-refractivity contribution >= 4 is 5.91 Å². The predicted molar refractivity (Wildman–Crippen MR) is 100.0 cm³/mol. The summed E-state index contributed by atoms with van der Waals surface area (Å²) in [6, 6.07) is 12.4. The van der Waals surface area contributed by atoms with Crippen LogP contribution in [0.15, 0.2) is 48.5 Å². The highest BCUT2D eigenvalue weighted by molar-refractivity contribution is 5.78. The van der Waals surface area contributed by atoms with E-state index in [4.69, 9.17) is 9.47 Å². The number of carbonyl (C=O) groups excluding carboxylic acids is 1. The van der Waals surface area contributed by atoms with Gasteiger partial charge in [-0.15, -0.1) is 0 Å². The Morgan fingerprint density at radius 1 is 1.07 bits per heavy atom. The van der Waals surface area contributed by atoms with Crippen LogP contribution in [0.5, 0.6) is 5.75 Å². The van der Waals surface area contributed by atoms with E-state index in [2.05, 4.69) is 5.32 Å². The van der Waals surface area contributed by atoms with Gasteiger partial charge >= 0.3 is 6.18 Å². The third kappa shape index (κ3) is 6.88. The molecule has 0 spiro atoms. The van der Waals surface area contributed by atoms with E-state index in [1.165, 1.54) is 6.07 Å². The van der Waals surface area contributed by atoms with E-state index in [-0.39, 0.29) is 12.3 Å². The van der Waals surface area contributed by atoms with Crippen LogP contribution in [0.3, 0.4) is 0 Å². The summed E-state index contributed by atoms with van der Waals surface area (Å²) in [6.07, 6.45) is -4.16. The van der Waals surface area contributed by atoms with Crippen LogP contribution in [0.1, 0.15) is 23.6 Å². The van der Waals surface area contributed by atoms with Gasteiger partial charge in [-0.1, -0.05) is 37.3 Å². The Hall–Kier alpha value is -2.54. The van der Waals surface area contributed by atoms with Crippen LogP contribution in [0.25, 0.3) is 0 Å². The van der Waals surface area contributed by atoms with Crippen molar-refractivity contribution in [3.8, 4) is 5.75 Å². The van der Waals surface area contributed by atoms with Crippen LogP contribution in [-0.2, 0) is 28.7 Å². The molecule has 0 saturated heterocycles. The summed E-state index contributed by atoms with van der Waals surface area (Å²) >= 11 is 0. The largest absolute Gasteiger partial charge is 0.491 e. The minimum absolute atomic E-state index is 0.219. The van der Waals surface area contributed by atoms with Gasteiger partial charge in [0.25, 0.3) is 0 Å². The van der Waals surface area contributed by atoms with Crippen molar-refractivity contribution in [1.82, 2.24) is 5.32 Å². The Balaban J connectivity index is 1.88. The highest BCUT2D eigenvalue weighted by atomic mass is 19.4. The average Bonchev–Trinajstić information content (AvgIpc) is 2.66. The van der Waals surface area contributed by atoms with Gasteiger partial charge in [-0.3, -0.25) is 4.79 Å². The first-order valence-corrected chi connectivity index (χ1v) is 8.94. The van der Waals surface area contributed by atoms with Crippen LogP contribution in [0, 0.1) is 5.92 Å². The fraction of sp³-hybridized carbons (Fsp3) is 0.381. The van der Waals surface area contributed by atoms with Gasteiger partial charge in [0.1, 0.15) is 12.4 Å². The van der Waals surface area contributed by atoms with E-state index >= 15 is 0 Å². The molecule has 0 bridgehead atoms. The first-order valence-electron chi connectivity index (χ1n) is 8.94. The summed E-state index contributed by atoms with van der Waals surface area (Å²) in [4.78, 5) is 12.3. The summed E-state index contributed by atoms with van der Waals surface area (Å²) in [6.45, 7) is 2.92. The first-order chi connectivity index (χ1) is 13.3. The van der Waals surface area contributed by atoms with Crippen LogP contribution in [-0.4, -0.2) is 26.2 Å². The maximum atomic E-state index is 12.8. The molecule has 2 aromatic rings. The zero-order valence-corrected chi connectivity index (χ0v) is 15.9. The highest BCUT2D eigenvalue weighted by Gasteiger charge is 2.30. The van der Waals surface area contributed by atoms with Gasteiger partial charge in [-0.05, 0) is 35.7 Å². The molecule has 2 aromatic carbocycles. The lowest BCUT2D eigenvalue weighted by atomic mass is 9.98. The molecule has 28 heavy (non-hydrogen) atoms. The van der Waals surface area contributed by atoms with Gasteiger partial charge in [-0.2, -0.15) is 13.2 Å². The number of rotatable bonds is 9. The fourth-order valence-corrected chi connectivity index (χ4v) is 2.67. The number of hydrogen-bond acceptors (Lipinski definition) is 3. The molecule has 1 atom stereocenters. The van der Waals surface area contributed by atoms with Gasteiger partial charge in [0, 0.05) is 19.6 Å². The normalized spacial score (nSPS) is 12.5. The van der Waals surface area contributed by atoms with Gasteiger partial charge in [0.05, 0.1) is 12.2 Å². The van der Waals surface area contributed by atoms with E-state index < -0.39 is 17.7 Å². The number of hydrogen-bond donors (Lipinski definition) is 1. The van der Waals surface area contributed by atoms with E-state index in [0.717, 1.165) is 17.7 Å². The number of benzene rings is 2. The Morgan fingerprint density at radius 2 is 1.79 bits per heavy atom. The number of methoxy groups -OCH3 is 1. The molecule has 0 radical (unpaired) electrons.